The molecule has 2 nitrogen and oxygen atoms in total. The monoisotopic (exact) mass is 296 g/mol. The molecule has 0 atom stereocenters. The second-order valence-corrected chi connectivity index (χ2v) is 5.88. The first-order valence-corrected chi connectivity index (χ1v) is 7.28. The Morgan fingerprint density at radius 2 is 1.82 bits per heavy atom. The molecule has 0 heterocycles. The van der Waals surface area contributed by atoms with Crippen LogP contribution < -0.4 is 11.1 Å². The van der Waals surface area contributed by atoms with Gasteiger partial charge in [-0.25, -0.2) is 0 Å². The largest absolute Gasteiger partial charge is 0.398 e. The van der Waals surface area contributed by atoms with Gasteiger partial charge in [0.25, 0.3) is 0 Å². The summed E-state index contributed by atoms with van der Waals surface area (Å²) in [5.74, 6) is 0. The van der Waals surface area contributed by atoms with E-state index in [0.717, 1.165) is 21.4 Å². The summed E-state index contributed by atoms with van der Waals surface area (Å²) >= 11 is 3.61. The molecule has 1 fully saturated rings. The summed E-state index contributed by atoms with van der Waals surface area (Å²) in [4.78, 5) is 0. The van der Waals surface area contributed by atoms with E-state index in [0.29, 0.717) is 6.04 Å². The highest BCUT2D eigenvalue weighted by molar-refractivity contribution is 9.10. The minimum absolute atomic E-state index is 0.607. The molecule has 1 aromatic carbocycles. The van der Waals surface area contributed by atoms with Crippen molar-refractivity contribution in [2.24, 2.45) is 0 Å². The predicted octanol–water partition coefficient (Wildman–Crippen LogP) is 4.47. The average molecular weight is 297 g/mol. The van der Waals surface area contributed by atoms with Crippen molar-refractivity contribution in [3.8, 4) is 0 Å². The highest BCUT2D eigenvalue weighted by Gasteiger charge is 2.13. The maximum absolute atomic E-state index is 5.96. The smallest absolute Gasteiger partial charge is 0.0507 e. The maximum atomic E-state index is 5.96. The van der Waals surface area contributed by atoms with Gasteiger partial charge in [0.2, 0.25) is 0 Å². The summed E-state index contributed by atoms with van der Waals surface area (Å²) in [6.45, 7) is 2.04. The molecule has 0 radical (unpaired) electrons. The Kier molecular flexibility index (Phi) is 4.32. The second-order valence-electron chi connectivity index (χ2n) is 5.02. The van der Waals surface area contributed by atoms with Crippen LogP contribution in [0.15, 0.2) is 16.6 Å². The summed E-state index contributed by atoms with van der Waals surface area (Å²) in [7, 11) is 0. The van der Waals surface area contributed by atoms with Gasteiger partial charge in [0, 0.05) is 16.2 Å². The van der Waals surface area contributed by atoms with Crippen LogP contribution in [0.2, 0.25) is 0 Å². The van der Waals surface area contributed by atoms with E-state index >= 15 is 0 Å². The molecule has 1 aliphatic carbocycles. The summed E-state index contributed by atoms with van der Waals surface area (Å²) in [6, 6.07) is 4.74. The number of halogens is 1. The predicted molar refractivity (Wildman–Crippen MR) is 78.4 cm³/mol. The van der Waals surface area contributed by atoms with Crippen LogP contribution in [0.1, 0.15) is 44.1 Å². The van der Waals surface area contributed by atoms with Gasteiger partial charge in [-0.1, -0.05) is 25.7 Å². The number of hydrogen-bond acceptors (Lipinski definition) is 2. The Balaban J connectivity index is 2.09. The zero-order valence-electron chi connectivity index (χ0n) is 10.4. The van der Waals surface area contributed by atoms with Crippen molar-refractivity contribution in [1.82, 2.24) is 0 Å². The molecule has 0 aliphatic heterocycles. The van der Waals surface area contributed by atoms with Gasteiger partial charge in [0.15, 0.2) is 0 Å². The molecule has 0 bridgehead atoms. The molecular weight excluding hydrogens is 276 g/mol. The van der Waals surface area contributed by atoms with Crippen LogP contribution in [0.5, 0.6) is 0 Å². The molecule has 0 aromatic heterocycles. The van der Waals surface area contributed by atoms with Gasteiger partial charge in [0.1, 0.15) is 0 Å². The fourth-order valence-electron chi connectivity index (χ4n) is 2.44. The van der Waals surface area contributed by atoms with Crippen molar-refractivity contribution in [3.63, 3.8) is 0 Å². The third-order valence-electron chi connectivity index (χ3n) is 3.57. The van der Waals surface area contributed by atoms with Crippen LogP contribution in [0.4, 0.5) is 11.4 Å². The van der Waals surface area contributed by atoms with E-state index in [1.807, 2.05) is 13.0 Å². The molecule has 0 spiro atoms. The lowest BCUT2D eigenvalue weighted by molar-refractivity contribution is 0.620. The quantitative estimate of drug-likeness (QED) is 0.624. The van der Waals surface area contributed by atoms with Gasteiger partial charge < -0.3 is 11.1 Å². The number of aryl methyl sites for hydroxylation is 1. The van der Waals surface area contributed by atoms with Gasteiger partial charge in [0.05, 0.1) is 5.69 Å². The number of anilines is 2. The van der Waals surface area contributed by atoms with E-state index in [4.69, 9.17) is 5.73 Å². The lowest BCUT2D eigenvalue weighted by Gasteiger charge is -2.19. The fraction of sp³-hybridized carbons (Fsp3) is 0.571. The van der Waals surface area contributed by atoms with Crippen LogP contribution >= 0.6 is 15.9 Å². The van der Waals surface area contributed by atoms with E-state index in [-0.39, 0.29) is 0 Å². The molecule has 0 amide bonds. The highest BCUT2D eigenvalue weighted by Crippen LogP contribution is 2.30. The summed E-state index contributed by atoms with van der Waals surface area (Å²) in [6.07, 6.45) is 8.01. The maximum Gasteiger partial charge on any atom is 0.0507 e. The lowest BCUT2D eigenvalue weighted by Crippen LogP contribution is -2.18. The van der Waals surface area contributed by atoms with Crippen LogP contribution in [-0.4, -0.2) is 6.04 Å². The molecule has 1 saturated carbocycles. The zero-order valence-corrected chi connectivity index (χ0v) is 12.0. The molecule has 3 heteroatoms. The zero-order chi connectivity index (χ0) is 12.3. The summed E-state index contributed by atoms with van der Waals surface area (Å²) < 4.78 is 1.12. The molecule has 1 aliphatic rings. The number of benzene rings is 1. The average Bonchev–Trinajstić information content (AvgIpc) is 2.54. The van der Waals surface area contributed by atoms with Crippen LogP contribution in [-0.2, 0) is 0 Å². The van der Waals surface area contributed by atoms with E-state index in [9.17, 15) is 0 Å². The minimum atomic E-state index is 0.607. The van der Waals surface area contributed by atoms with Crippen molar-refractivity contribution < 1.29 is 0 Å². The number of nitrogens with two attached hydrogens (primary N) is 1. The third kappa shape index (κ3) is 3.38. The molecule has 1 aromatic rings. The van der Waals surface area contributed by atoms with Gasteiger partial charge in [-0.3, -0.25) is 0 Å². The van der Waals surface area contributed by atoms with Crippen molar-refractivity contribution in [2.75, 3.05) is 11.1 Å². The van der Waals surface area contributed by atoms with E-state index in [1.54, 1.807) is 0 Å². The number of rotatable bonds is 2. The Morgan fingerprint density at radius 3 is 2.47 bits per heavy atom. The standard InChI is InChI=1S/C14H21BrN2/c1-10-8-12(15)14(9-13(10)16)17-11-6-4-2-3-5-7-11/h8-9,11,17H,2-7,16H2,1H3. The second kappa shape index (κ2) is 5.76. The van der Waals surface area contributed by atoms with Crippen LogP contribution in [0, 0.1) is 6.92 Å². The Hall–Kier alpha value is -0.700. The van der Waals surface area contributed by atoms with Gasteiger partial charge in [-0.05, 0) is 53.4 Å². The first-order chi connectivity index (χ1) is 8.16. The van der Waals surface area contributed by atoms with Gasteiger partial charge in [-0.2, -0.15) is 0 Å². The summed E-state index contributed by atoms with van der Waals surface area (Å²) in [5.41, 5.74) is 9.10. The number of nitrogens with one attached hydrogen (secondary N) is 1. The normalized spacial score (nSPS) is 17.8. The number of hydrogen-bond donors (Lipinski definition) is 2. The Morgan fingerprint density at radius 1 is 1.18 bits per heavy atom. The topological polar surface area (TPSA) is 38.0 Å². The molecule has 0 unspecified atom stereocenters. The van der Waals surface area contributed by atoms with Crippen LogP contribution in [0.3, 0.4) is 0 Å². The van der Waals surface area contributed by atoms with E-state index in [2.05, 4.69) is 27.3 Å². The minimum Gasteiger partial charge on any atom is -0.398 e. The molecule has 2 rings (SSSR count). The fourth-order valence-corrected chi connectivity index (χ4v) is 3.02. The van der Waals surface area contributed by atoms with Crippen molar-refractivity contribution in [1.29, 1.82) is 0 Å². The van der Waals surface area contributed by atoms with Crippen molar-refractivity contribution >= 4 is 27.3 Å². The molecular formula is C14H21BrN2. The Bertz CT molecular complexity index is 382. The first-order valence-electron chi connectivity index (χ1n) is 6.49. The summed E-state index contributed by atoms with van der Waals surface area (Å²) in [5, 5.41) is 3.63. The van der Waals surface area contributed by atoms with Crippen molar-refractivity contribution in [3.05, 3.63) is 22.2 Å². The number of nitrogen functional groups attached to an aromatic ring is 1. The van der Waals surface area contributed by atoms with Crippen molar-refractivity contribution in [2.45, 2.75) is 51.5 Å². The SMILES string of the molecule is Cc1cc(Br)c(NC2CCCCCC2)cc1N. The third-order valence-corrected chi connectivity index (χ3v) is 4.23. The molecule has 17 heavy (non-hydrogen) atoms. The van der Waals surface area contributed by atoms with Crippen LogP contribution in [0.25, 0.3) is 0 Å². The first kappa shape index (κ1) is 12.7. The van der Waals surface area contributed by atoms with Gasteiger partial charge in [-0.15, -0.1) is 0 Å². The van der Waals surface area contributed by atoms with E-state index < -0.39 is 0 Å². The highest BCUT2D eigenvalue weighted by atomic mass is 79.9. The molecule has 0 saturated heterocycles. The molecule has 3 N–H and O–H groups in total. The Labute approximate surface area is 112 Å². The van der Waals surface area contributed by atoms with Gasteiger partial charge >= 0.3 is 0 Å². The molecule has 94 valence electrons. The lowest BCUT2D eigenvalue weighted by atomic mass is 10.1. The van der Waals surface area contributed by atoms with E-state index in [1.165, 1.54) is 38.5 Å².